The average molecular weight is 268 g/mol. The summed E-state index contributed by atoms with van der Waals surface area (Å²) in [6, 6.07) is 8.38. The predicted octanol–water partition coefficient (Wildman–Crippen LogP) is 4.83. The minimum atomic E-state index is 0.915. The molecule has 106 valence electrons. The molecule has 2 aromatic rings. The lowest BCUT2D eigenvalue weighted by Crippen LogP contribution is -2.03. The SMILES string of the molecule is COc1ccc(Cc2c(C)c(C)c(C)c(C)c2C)cc1. The van der Waals surface area contributed by atoms with Crippen molar-refractivity contribution in [2.45, 2.75) is 41.0 Å². The van der Waals surface area contributed by atoms with Crippen LogP contribution in [-0.2, 0) is 6.42 Å². The lowest BCUT2D eigenvalue weighted by Gasteiger charge is -2.19. The maximum Gasteiger partial charge on any atom is 0.118 e. The van der Waals surface area contributed by atoms with E-state index in [0.29, 0.717) is 0 Å². The molecule has 1 heteroatoms. The third-order valence-electron chi connectivity index (χ3n) is 4.70. The molecule has 0 bridgehead atoms. The number of methoxy groups -OCH3 is 1. The Hall–Kier alpha value is -1.76. The molecule has 0 aliphatic carbocycles. The maximum absolute atomic E-state index is 5.22. The quantitative estimate of drug-likeness (QED) is 0.775. The summed E-state index contributed by atoms with van der Waals surface area (Å²) >= 11 is 0. The molecule has 0 atom stereocenters. The van der Waals surface area contributed by atoms with Gasteiger partial charge in [0.2, 0.25) is 0 Å². The van der Waals surface area contributed by atoms with E-state index in [1.165, 1.54) is 38.9 Å². The second-order valence-corrected chi connectivity index (χ2v) is 5.63. The summed E-state index contributed by atoms with van der Waals surface area (Å²) in [5.74, 6) is 0.915. The molecule has 20 heavy (non-hydrogen) atoms. The summed E-state index contributed by atoms with van der Waals surface area (Å²) in [6.07, 6.45) is 0.990. The fraction of sp³-hybridized carbons (Fsp3) is 0.368. The molecular weight excluding hydrogens is 244 g/mol. The van der Waals surface area contributed by atoms with Gasteiger partial charge in [-0.1, -0.05) is 12.1 Å². The van der Waals surface area contributed by atoms with Gasteiger partial charge in [0.15, 0.2) is 0 Å². The third kappa shape index (κ3) is 2.58. The molecule has 0 aromatic heterocycles. The third-order valence-corrected chi connectivity index (χ3v) is 4.70. The fourth-order valence-electron chi connectivity index (χ4n) is 2.79. The molecule has 0 radical (unpaired) electrons. The van der Waals surface area contributed by atoms with Crippen molar-refractivity contribution in [3.8, 4) is 5.75 Å². The van der Waals surface area contributed by atoms with Crippen molar-refractivity contribution in [2.75, 3.05) is 7.11 Å². The summed E-state index contributed by atoms with van der Waals surface area (Å²) in [5.41, 5.74) is 9.95. The van der Waals surface area contributed by atoms with Gasteiger partial charge in [0.25, 0.3) is 0 Å². The van der Waals surface area contributed by atoms with Gasteiger partial charge in [0, 0.05) is 0 Å². The van der Waals surface area contributed by atoms with Gasteiger partial charge in [-0.05, 0) is 92.1 Å². The highest BCUT2D eigenvalue weighted by atomic mass is 16.5. The monoisotopic (exact) mass is 268 g/mol. The standard InChI is InChI=1S/C19H24O/c1-12-13(2)15(4)19(16(5)14(12)3)11-17-7-9-18(20-6)10-8-17/h7-10H,11H2,1-6H3. The molecule has 0 N–H and O–H groups in total. The lowest BCUT2D eigenvalue weighted by molar-refractivity contribution is 0.414. The molecule has 0 fully saturated rings. The van der Waals surface area contributed by atoms with E-state index in [2.05, 4.69) is 46.8 Å². The van der Waals surface area contributed by atoms with Crippen LogP contribution in [-0.4, -0.2) is 7.11 Å². The van der Waals surface area contributed by atoms with Crippen LogP contribution in [0.1, 0.15) is 38.9 Å². The van der Waals surface area contributed by atoms with Crippen molar-refractivity contribution < 1.29 is 4.74 Å². The van der Waals surface area contributed by atoms with E-state index in [0.717, 1.165) is 12.2 Å². The van der Waals surface area contributed by atoms with Crippen LogP contribution in [0.15, 0.2) is 24.3 Å². The highest BCUT2D eigenvalue weighted by Gasteiger charge is 2.12. The normalized spacial score (nSPS) is 10.7. The van der Waals surface area contributed by atoms with Gasteiger partial charge in [0.1, 0.15) is 5.75 Å². The zero-order valence-corrected chi connectivity index (χ0v) is 13.4. The zero-order chi connectivity index (χ0) is 14.9. The molecule has 0 aliphatic heterocycles. The summed E-state index contributed by atoms with van der Waals surface area (Å²) in [6.45, 7) is 11.2. The van der Waals surface area contributed by atoms with Crippen LogP contribution in [0.5, 0.6) is 5.75 Å². The minimum Gasteiger partial charge on any atom is -0.497 e. The smallest absolute Gasteiger partial charge is 0.118 e. The lowest BCUT2D eigenvalue weighted by atomic mass is 9.87. The molecule has 0 saturated heterocycles. The molecule has 1 nitrogen and oxygen atoms in total. The molecule has 2 rings (SSSR count). The van der Waals surface area contributed by atoms with Crippen molar-refractivity contribution in [1.82, 2.24) is 0 Å². The Kier molecular flexibility index (Phi) is 4.17. The topological polar surface area (TPSA) is 9.23 Å². The van der Waals surface area contributed by atoms with Crippen LogP contribution < -0.4 is 4.74 Å². The Labute approximate surface area is 122 Å². The first-order chi connectivity index (χ1) is 9.45. The van der Waals surface area contributed by atoms with Crippen molar-refractivity contribution >= 4 is 0 Å². The highest BCUT2D eigenvalue weighted by molar-refractivity contribution is 5.51. The zero-order valence-electron chi connectivity index (χ0n) is 13.4. The van der Waals surface area contributed by atoms with E-state index in [-0.39, 0.29) is 0 Å². The second kappa shape index (κ2) is 5.70. The number of rotatable bonds is 3. The molecule has 0 heterocycles. The molecule has 0 unspecified atom stereocenters. The van der Waals surface area contributed by atoms with Gasteiger partial charge in [-0.3, -0.25) is 0 Å². The summed E-state index contributed by atoms with van der Waals surface area (Å²) in [4.78, 5) is 0. The van der Waals surface area contributed by atoms with E-state index in [1.54, 1.807) is 7.11 Å². The average Bonchev–Trinajstić information content (AvgIpc) is 2.48. The van der Waals surface area contributed by atoms with Crippen molar-refractivity contribution in [1.29, 1.82) is 0 Å². The molecule has 0 amide bonds. The Bertz CT molecular complexity index is 592. The molecule has 2 aromatic carbocycles. The maximum atomic E-state index is 5.22. The molecule has 0 spiro atoms. The highest BCUT2D eigenvalue weighted by Crippen LogP contribution is 2.28. The largest absolute Gasteiger partial charge is 0.497 e. The summed E-state index contributed by atoms with van der Waals surface area (Å²) in [5, 5.41) is 0. The Morgan fingerprint density at radius 1 is 0.700 bits per heavy atom. The van der Waals surface area contributed by atoms with E-state index in [1.807, 2.05) is 12.1 Å². The van der Waals surface area contributed by atoms with Gasteiger partial charge < -0.3 is 4.74 Å². The Balaban J connectivity index is 2.42. The van der Waals surface area contributed by atoms with Crippen LogP contribution in [0.25, 0.3) is 0 Å². The first-order valence-electron chi connectivity index (χ1n) is 7.14. The number of benzene rings is 2. The van der Waals surface area contributed by atoms with Crippen molar-refractivity contribution in [3.05, 3.63) is 63.2 Å². The predicted molar refractivity (Wildman–Crippen MR) is 85.9 cm³/mol. The van der Waals surface area contributed by atoms with Crippen molar-refractivity contribution in [2.24, 2.45) is 0 Å². The Morgan fingerprint density at radius 3 is 1.60 bits per heavy atom. The van der Waals surface area contributed by atoms with E-state index >= 15 is 0 Å². The first-order valence-corrected chi connectivity index (χ1v) is 7.14. The number of hydrogen-bond acceptors (Lipinski definition) is 1. The van der Waals surface area contributed by atoms with E-state index in [9.17, 15) is 0 Å². The van der Waals surface area contributed by atoms with E-state index in [4.69, 9.17) is 4.74 Å². The van der Waals surface area contributed by atoms with Gasteiger partial charge in [-0.15, -0.1) is 0 Å². The first kappa shape index (κ1) is 14.6. The van der Waals surface area contributed by atoms with Gasteiger partial charge in [-0.25, -0.2) is 0 Å². The fourth-order valence-corrected chi connectivity index (χ4v) is 2.79. The number of ether oxygens (including phenoxy) is 1. The Morgan fingerprint density at radius 2 is 1.15 bits per heavy atom. The van der Waals surface area contributed by atoms with Gasteiger partial charge in [0.05, 0.1) is 7.11 Å². The van der Waals surface area contributed by atoms with Crippen LogP contribution in [0.3, 0.4) is 0 Å². The summed E-state index contributed by atoms with van der Waals surface area (Å²) in [7, 11) is 1.70. The van der Waals surface area contributed by atoms with Crippen LogP contribution in [0, 0.1) is 34.6 Å². The van der Waals surface area contributed by atoms with Gasteiger partial charge in [-0.2, -0.15) is 0 Å². The minimum absolute atomic E-state index is 0.915. The molecule has 0 saturated carbocycles. The molecular formula is C19H24O. The summed E-state index contributed by atoms with van der Waals surface area (Å²) < 4.78 is 5.22. The van der Waals surface area contributed by atoms with E-state index < -0.39 is 0 Å². The van der Waals surface area contributed by atoms with Crippen LogP contribution in [0.4, 0.5) is 0 Å². The number of hydrogen-bond donors (Lipinski definition) is 0. The van der Waals surface area contributed by atoms with Crippen LogP contribution >= 0.6 is 0 Å². The molecule has 0 aliphatic rings. The second-order valence-electron chi connectivity index (χ2n) is 5.63. The van der Waals surface area contributed by atoms with Crippen LogP contribution in [0.2, 0.25) is 0 Å². The van der Waals surface area contributed by atoms with Gasteiger partial charge >= 0.3 is 0 Å². The van der Waals surface area contributed by atoms with Crippen molar-refractivity contribution in [3.63, 3.8) is 0 Å².